The lowest BCUT2D eigenvalue weighted by molar-refractivity contribution is 0.0793. The average Bonchev–Trinajstić information content (AvgIpc) is 3.38. The maximum atomic E-state index is 12.8. The van der Waals surface area contributed by atoms with Crippen LogP contribution in [0.2, 0.25) is 10.0 Å². The van der Waals surface area contributed by atoms with Gasteiger partial charge in [-0.2, -0.15) is 4.99 Å². The van der Waals surface area contributed by atoms with Gasteiger partial charge in [-0.15, -0.1) is 0 Å². The first-order valence-electron chi connectivity index (χ1n) is 11.6. The molecule has 2 aliphatic rings. The van der Waals surface area contributed by atoms with E-state index in [9.17, 15) is 9.59 Å². The van der Waals surface area contributed by atoms with Gasteiger partial charge in [-0.1, -0.05) is 29.3 Å². The van der Waals surface area contributed by atoms with Crippen LogP contribution < -0.4 is 11.5 Å². The van der Waals surface area contributed by atoms with E-state index < -0.39 is 5.91 Å². The third kappa shape index (κ3) is 6.20. The van der Waals surface area contributed by atoms with Gasteiger partial charge in [0.1, 0.15) is 11.7 Å². The van der Waals surface area contributed by atoms with Crippen molar-refractivity contribution in [2.24, 2.45) is 21.5 Å². The first-order chi connectivity index (χ1) is 16.8. The second kappa shape index (κ2) is 11.2. The molecule has 0 spiro atoms. The van der Waals surface area contributed by atoms with Crippen LogP contribution in [0, 0.1) is 0 Å². The minimum absolute atomic E-state index is 0.0735. The van der Waals surface area contributed by atoms with Crippen molar-refractivity contribution >= 4 is 46.7 Å². The largest absolute Gasteiger partial charge is 0.387 e. The summed E-state index contributed by atoms with van der Waals surface area (Å²) in [6, 6.07) is 11.6. The maximum absolute atomic E-state index is 12.8. The van der Waals surface area contributed by atoms with Gasteiger partial charge in [-0.05, 0) is 54.8 Å². The molecule has 1 saturated heterocycles. The third-order valence-electron chi connectivity index (χ3n) is 6.24. The summed E-state index contributed by atoms with van der Waals surface area (Å²) >= 11 is 12.5. The molecule has 35 heavy (non-hydrogen) atoms. The molecule has 0 radical (unpaired) electrons. The lowest BCUT2D eigenvalue weighted by atomic mass is 10.1. The van der Waals surface area contributed by atoms with Gasteiger partial charge in [0.2, 0.25) is 0 Å². The number of benzene rings is 2. The molecule has 4 rings (SSSR count). The summed E-state index contributed by atoms with van der Waals surface area (Å²) in [5.41, 5.74) is 14.0. The predicted molar refractivity (Wildman–Crippen MR) is 139 cm³/mol. The first-order valence-corrected chi connectivity index (χ1v) is 12.3. The molecular formula is C25H28Cl2N6O2. The van der Waals surface area contributed by atoms with Crippen molar-refractivity contribution in [3.8, 4) is 0 Å². The van der Waals surface area contributed by atoms with Crippen molar-refractivity contribution in [2.75, 3.05) is 26.2 Å². The van der Waals surface area contributed by atoms with E-state index in [-0.39, 0.29) is 24.2 Å². The van der Waals surface area contributed by atoms with Crippen LogP contribution in [0.25, 0.3) is 0 Å². The number of rotatable bonds is 6. The highest BCUT2D eigenvalue weighted by atomic mass is 35.5. The van der Waals surface area contributed by atoms with Crippen LogP contribution in [-0.2, 0) is 6.54 Å². The van der Waals surface area contributed by atoms with Gasteiger partial charge >= 0.3 is 0 Å². The van der Waals surface area contributed by atoms with E-state index >= 15 is 0 Å². The second-order valence-electron chi connectivity index (χ2n) is 8.72. The summed E-state index contributed by atoms with van der Waals surface area (Å²) in [6.45, 7) is 3.18. The van der Waals surface area contributed by atoms with E-state index in [1.807, 2.05) is 6.07 Å². The van der Waals surface area contributed by atoms with Crippen LogP contribution in [0.15, 0.2) is 52.4 Å². The molecule has 0 saturated carbocycles. The van der Waals surface area contributed by atoms with Crippen LogP contribution in [0.3, 0.4) is 0 Å². The smallest absolute Gasteiger partial charge is 0.278 e. The highest BCUT2D eigenvalue weighted by molar-refractivity contribution is 6.33. The van der Waals surface area contributed by atoms with Gasteiger partial charge < -0.3 is 16.4 Å². The van der Waals surface area contributed by atoms with Crippen LogP contribution in [0.1, 0.15) is 45.5 Å². The Labute approximate surface area is 214 Å². The van der Waals surface area contributed by atoms with Crippen LogP contribution in [0.4, 0.5) is 0 Å². The number of likely N-dealkylation sites (tertiary alicyclic amines) is 1. The van der Waals surface area contributed by atoms with E-state index in [0.29, 0.717) is 46.6 Å². The summed E-state index contributed by atoms with van der Waals surface area (Å²) < 4.78 is 0. The quantitative estimate of drug-likeness (QED) is 0.452. The Hall–Kier alpha value is -2.94. The molecular weight excluding hydrogens is 487 g/mol. The molecule has 2 aromatic carbocycles. The number of hydrogen-bond donors (Lipinski definition) is 2. The van der Waals surface area contributed by atoms with Crippen molar-refractivity contribution in [2.45, 2.75) is 31.8 Å². The molecule has 0 aliphatic carbocycles. The standard InChI is InChI=1S/C25H28Cl2N6O2/c26-19-6-7-20(27)18(13-19)15-33-11-8-30-23(29)21(33)14-22(28)31-24(34)16-4-3-5-17(12-16)25(35)32-9-1-2-10-32/h3-7,12-13,21H,1-2,8-11,14-15H2,(H2,29,30)(H2,28,31,34). The molecule has 10 heteroatoms. The van der Waals surface area contributed by atoms with Gasteiger partial charge in [-0.3, -0.25) is 19.5 Å². The average molecular weight is 515 g/mol. The predicted octanol–water partition coefficient (Wildman–Crippen LogP) is 3.36. The minimum Gasteiger partial charge on any atom is -0.387 e. The van der Waals surface area contributed by atoms with E-state index in [1.165, 1.54) is 0 Å². The zero-order valence-corrected chi connectivity index (χ0v) is 20.8. The number of nitrogens with zero attached hydrogens (tertiary/aromatic N) is 4. The third-order valence-corrected chi connectivity index (χ3v) is 6.85. The molecule has 8 nitrogen and oxygen atoms in total. The number of aliphatic imine (C=N–C) groups is 2. The maximum Gasteiger partial charge on any atom is 0.278 e. The molecule has 2 amide bonds. The highest BCUT2D eigenvalue weighted by Crippen LogP contribution is 2.24. The molecule has 4 N–H and O–H groups in total. The summed E-state index contributed by atoms with van der Waals surface area (Å²) in [4.78, 5) is 37.9. The van der Waals surface area contributed by atoms with Gasteiger partial charge in [0, 0.05) is 53.8 Å². The fourth-order valence-electron chi connectivity index (χ4n) is 4.39. The fraction of sp³-hybridized carbons (Fsp3) is 0.360. The molecule has 1 unspecified atom stereocenters. The topological polar surface area (TPSA) is 117 Å². The molecule has 2 aromatic rings. The highest BCUT2D eigenvalue weighted by Gasteiger charge is 2.27. The Morgan fingerprint density at radius 1 is 1.06 bits per heavy atom. The Balaban J connectivity index is 1.47. The minimum atomic E-state index is -0.505. The first kappa shape index (κ1) is 25.2. The number of amidine groups is 2. The van der Waals surface area contributed by atoms with Gasteiger partial charge in [0.15, 0.2) is 0 Å². The van der Waals surface area contributed by atoms with Crippen molar-refractivity contribution in [1.29, 1.82) is 0 Å². The van der Waals surface area contributed by atoms with Gasteiger partial charge in [0.05, 0.1) is 12.6 Å². The lowest BCUT2D eigenvalue weighted by Gasteiger charge is -2.34. The Kier molecular flexibility index (Phi) is 8.05. The van der Waals surface area contributed by atoms with Crippen molar-refractivity contribution < 1.29 is 9.59 Å². The molecule has 2 aliphatic heterocycles. The van der Waals surface area contributed by atoms with E-state index in [1.54, 1.807) is 41.3 Å². The zero-order chi connectivity index (χ0) is 24.9. The monoisotopic (exact) mass is 514 g/mol. The van der Waals surface area contributed by atoms with Gasteiger partial charge in [0.25, 0.3) is 11.8 Å². The zero-order valence-electron chi connectivity index (χ0n) is 19.3. The molecule has 0 bridgehead atoms. The Morgan fingerprint density at radius 2 is 1.80 bits per heavy atom. The Bertz CT molecular complexity index is 1180. The van der Waals surface area contributed by atoms with Crippen molar-refractivity contribution in [3.63, 3.8) is 0 Å². The number of carbonyl (C=O) groups excluding carboxylic acids is 2. The summed E-state index contributed by atoms with van der Waals surface area (Å²) in [6.07, 6.45) is 2.23. The number of amides is 2. The molecule has 2 heterocycles. The lowest BCUT2D eigenvalue weighted by Crippen LogP contribution is -2.50. The SMILES string of the molecule is NC(CC1C(N)=NCCN1Cc1cc(Cl)ccc1Cl)=NC(=O)c1cccc(C(=O)N2CCCC2)c1. The van der Waals surface area contributed by atoms with E-state index in [2.05, 4.69) is 14.9 Å². The summed E-state index contributed by atoms with van der Waals surface area (Å²) in [5.74, 6) is -0.0124. The summed E-state index contributed by atoms with van der Waals surface area (Å²) in [5, 5.41) is 1.20. The Morgan fingerprint density at radius 3 is 2.57 bits per heavy atom. The van der Waals surface area contributed by atoms with E-state index in [4.69, 9.17) is 34.7 Å². The molecule has 184 valence electrons. The van der Waals surface area contributed by atoms with Crippen LogP contribution in [-0.4, -0.2) is 65.5 Å². The molecule has 1 fully saturated rings. The second-order valence-corrected chi connectivity index (χ2v) is 9.56. The molecule has 0 aromatic heterocycles. The number of carbonyl (C=O) groups is 2. The number of nitrogens with two attached hydrogens (primary N) is 2. The van der Waals surface area contributed by atoms with Gasteiger partial charge in [-0.25, -0.2) is 0 Å². The van der Waals surface area contributed by atoms with Crippen molar-refractivity contribution in [1.82, 2.24) is 9.80 Å². The molecule has 1 atom stereocenters. The fourth-order valence-corrected chi connectivity index (χ4v) is 4.76. The van der Waals surface area contributed by atoms with Crippen LogP contribution >= 0.6 is 23.2 Å². The summed E-state index contributed by atoms with van der Waals surface area (Å²) in [7, 11) is 0. The van der Waals surface area contributed by atoms with Crippen LogP contribution in [0.5, 0.6) is 0 Å². The van der Waals surface area contributed by atoms with Crippen molar-refractivity contribution in [3.05, 3.63) is 69.2 Å². The normalized spacial score (nSPS) is 19.0. The number of hydrogen-bond acceptors (Lipinski definition) is 5. The number of halogens is 2. The van der Waals surface area contributed by atoms with E-state index in [0.717, 1.165) is 31.5 Å².